The molecule has 0 radical (unpaired) electrons. The minimum Gasteiger partial charge on any atom is -0.493 e. The highest BCUT2D eigenvalue weighted by atomic mass is 19.1. The molecule has 0 amide bonds. The van der Waals surface area contributed by atoms with Crippen LogP contribution in [0.15, 0.2) is 36.9 Å². The number of tetrazole rings is 1. The van der Waals surface area contributed by atoms with E-state index < -0.39 is 11.6 Å². The van der Waals surface area contributed by atoms with Gasteiger partial charge in [-0.2, -0.15) is 4.68 Å². The van der Waals surface area contributed by atoms with Crippen LogP contribution in [-0.4, -0.2) is 49.9 Å². The number of ether oxygens (including phenoxy) is 1. The van der Waals surface area contributed by atoms with E-state index in [4.69, 9.17) is 4.74 Å². The van der Waals surface area contributed by atoms with Gasteiger partial charge in [0.2, 0.25) is 5.95 Å². The van der Waals surface area contributed by atoms with Crippen LogP contribution in [0, 0.1) is 29.4 Å². The summed E-state index contributed by atoms with van der Waals surface area (Å²) in [4.78, 5) is 10.3. The Morgan fingerprint density at radius 2 is 1.90 bits per heavy atom. The first-order valence-corrected chi connectivity index (χ1v) is 10.6. The summed E-state index contributed by atoms with van der Waals surface area (Å²) in [5.74, 6) is 2.40. The molecule has 2 fully saturated rings. The molecule has 2 aromatic heterocycles. The van der Waals surface area contributed by atoms with Gasteiger partial charge in [0.15, 0.2) is 11.6 Å². The van der Waals surface area contributed by atoms with Gasteiger partial charge in [0.25, 0.3) is 0 Å². The molecule has 1 aliphatic carbocycles. The maximum absolute atomic E-state index is 14.3. The highest BCUT2D eigenvalue weighted by molar-refractivity contribution is 5.38. The van der Waals surface area contributed by atoms with Gasteiger partial charge in [-0.05, 0) is 66.0 Å². The molecule has 2 atom stereocenters. The zero-order valence-electron chi connectivity index (χ0n) is 16.9. The maximum Gasteiger partial charge on any atom is 0.225 e. The summed E-state index contributed by atoms with van der Waals surface area (Å²) in [5, 5.41) is 10.7. The molecular weight excluding hydrogens is 404 g/mol. The molecule has 0 spiro atoms. The lowest BCUT2D eigenvalue weighted by Crippen LogP contribution is -2.35. The van der Waals surface area contributed by atoms with E-state index in [2.05, 4.69) is 30.4 Å². The van der Waals surface area contributed by atoms with E-state index >= 15 is 0 Å². The van der Waals surface area contributed by atoms with Crippen LogP contribution in [0.4, 0.5) is 14.7 Å². The summed E-state index contributed by atoms with van der Waals surface area (Å²) in [6.45, 7) is 2.39. The number of hydrogen-bond donors (Lipinski definition) is 0. The van der Waals surface area contributed by atoms with Gasteiger partial charge < -0.3 is 9.64 Å². The second-order valence-electron chi connectivity index (χ2n) is 8.19. The Bertz CT molecular complexity index is 1010. The van der Waals surface area contributed by atoms with E-state index in [0.717, 1.165) is 38.3 Å². The van der Waals surface area contributed by atoms with Gasteiger partial charge in [-0.1, -0.05) is 0 Å². The van der Waals surface area contributed by atoms with Gasteiger partial charge in [-0.25, -0.2) is 18.7 Å². The largest absolute Gasteiger partial charge is 0.493 e. The highest BCUT2D eigenvalue weighted by Crippen LogP contribution is 2.49. The monoisotopic (exact) mass is 427 g/mol. The number of piperidine rings is 1. The van der Waals surface area contributed by atoms with Crippen molar-refractivity contribution in [2.24, 2.45) is 17.8 Å². The Kier molecular flexibility index (Phi) is 5.44. The molecule has 1 aromatic carbocycles. The molecule has 10 heteroatoms. The van der Waals surface area contributed by atoms with Crippen LogP contribution >= 0.6 is 0 Å². The molecule has 1 saturated heterocycles. The molecule has 31 heavy (non-hydrogen) atoms. The van der Waals surface area contributed by atoms with Crippen molar-refractivity contribution >= 4 is 5.95 Å². The second kappa shape index (κ2) is 8.52. The number of halogens is 2. The third kappa shape index (κ3) is 4.47. The fourth-order valence-corrected chi connectivity index (χ4v) is 4.54. The van der Waals surface area contributed by atoms with E-state index in [9.17, 15) is 8.78 Å². The summed E-state index contributed by atoms with van der Waals surface area (Å²) in [6, 6.07) is 4.71. The molecule has 3 heterocycles. The van der Waals surface area contributed by atoms with Gasteiger partial charge in [0.1, 0.15) is 17.8 Å². The predicted molar refractivity (Wildman–Crippen MR) is 108 cm³/mol. The van der Waals surface area contributed by atoms with Crippen molar-refractivity contribution in [2.75, 3.05) is 24.6 Å². The summed E-state index contributed by atoms with van der Waals surface area (Å²) in [5.41, 5.74) is 0.289. The molecule has 162 valence electrons. The van der Waals surface area contributed by atoms with Crippen molar-refractivity contribution in [3.8, 4) is 11.4 Å². The van der Waals surface area contributed by atoms with Crippen molar-refractivity contribution in [3.05, 3.63) is 48.6 Å². The fraction of sp³-hybridized carbons (Fsp3) is 0.476. The zero-order chi connectivity index (χ0) is 21.2. The third-order valence-corrected chi connectivity index (χ3v) is 6.28. The average Bonchev–Trinajstić information content (AvgIpc) is 3.35. The van der Waals surface area contributed by atoms with Crippen LogP contribution in [0.1, 0.15) is 25.7 Å². The van der Waals surface area contributed by atoms with Crippen LogP contribution in [-0.2, 0) is 0 Å². The first-order valence-electron chi connectivity index (χ1n) is 10.6. The normalized spacial score (nSPS) is 21.3. The van der Waals surface area contributed by atoms with E-state index in [-0.39, 0.29) is 5.69 Å². The van der Waals surface area contributed by atoms with Crippen molar-refractivity contribution in [1.29, 1.82) is 0 Å². The molecule has 1 saturated carbocycles. The minimum absolute atomic E-state index is 0.289. The summed E-state index contributed by atoms with van der Waals surface area (Å²) in [6.07, 6.45) is 8.20. The first-order chi connectivity index (χ1) is 15.2. The summed E-state index contributed by atoms with van der Waals surface area (Å²) < 4.78 is 34.3. The first kappa shape index (κ1) is 19.8. The van der Waals surface area contributed by atoms with E-state index in [0.29, 0.717) is 30.1 Å². The third-order valence-electron chi connectivity index (χ3n) is 6.28. The zero-order valence-corrected chi connectivity index (χ0v) is 16.9. The van der Waals surface area contributed by atoms with Crippen molar-refractivity contribution in [1.82, 2.24) is 30.2 Å². The van der Waals surface area contributed by atoms with Gasteiger partial charge in [-0.3, -0.25) is 0 Å². The number of nitrogens with zero attached hydrogens (tertiary/aromatic N) is 7. The molecule has 3 aromatic rings. The quantitative estimate of drug-likeness (QED) is 0.573. The lowest BCUT2D eigenvalue weighted by molar-refractivity contribution is 0.283. The number of anilines is 1. The lowest BCUT2D eigenvalue weighted by atomic mass is 9.90. The number of hydrogen-bond acceptors (Lipinski definition) is 7. The Morgan fingerprint density at radius 1 is 1.10 bits per heavy atom. The highest BCUT2D eigenvalue weighted by Gasteiger charge is 2.43. The van der Waals surface area contributed by atoms with E-state index in [1.165, 1.54) is 35.9 Å². The van der Waals surface area contributed by atoms with Crippen LogP contribution in [0.3, 0.4) is 0 Å². The Labute approximate surface area is 178 Å². The molecule has 1 aliphatic heterocycles. The van der Waals surface area contributed by atoms with E-state index in [1.807, 2.05) is 0 Å². The average molecular weight is 427 g/mol. The Hall–Kier alpha value is -3.17. The molecule has 8 nitrogen and oxygen atoms in total. The molecule has 2 aliphatic rings. The number of benzene rings is 1. The molecule has 2 unspecified atom stereocenters. The smallest absolute Gasteiger partial charge is 0.225 e. The second-order valence-corrected chi connectivity index (χ2v) is 8.19. The van der Waals surface area contributed by atoms with Crippen molar-refractivity contribution in [3.63, 3.8) is 0 Å². The SMILES string of the molecule is Fc1cnc(N2CCC(C3CC3CCOc3ccc(-n4cnnn4)c(F)c3)CC2)nc1. The molecular formula is C21H23F2N7O. The van der Waals surface area contributed by atoms with Crippen LogP contribution in [0.2, 0.25) is 0 Å². The minimum atomic E-state index is -0.425. The van der Waals surface area contributed by atoms with E-state index in [1.54, 1.807) is 12.1 Å². The topological polar surface area (TPSA) is 81.9 Å². The maximum atomic E-state index is 14.3. The van der Waals surface area contributed by atoms with Gasteiger partial charge in [-0.15, -0.1) is 5.10 Å². The summed E-state index contributed by atoms with van der Waals surface area (Å²) in [7, 11) is 0. The lowest BCUT2D eigenvalue weighted by Gasteiger charge is -2.32. The predicted octanol–water partition coefficient (Wildman–Crippen LogP) is 3.05. The van der Waals surface area contributed by atoms with Gasteiger partial charge in [0.05, 0.1) is 19.0 Å². The number of aromatic nitrogens is 6. The molecule has 5 rings (SSSR count). The summed E-state index contributed by atoms with van der Waals surface area (Å²) >= 11 is 0. The van der Waals surface area contributed by atoms with Crippen LogP contribution in [0.5, 0.6) is 5.75 Å². The Morgan fingerprint density at radius 3 is 2.61 bits per heavy atom. The van der Waals surface area contributed by atoms with Gasteiger partial charge >= 0.3 is 0 Å². The fourth-order valence-electron chi connectivity index (χ4n) is 4.54. The van der Waals surface area contributed by atoms with Crippen molar-refractivity contribution < 1.29 is 13.5 Å². The standard InChI is InChI=1S/C21H23F2N7O/c22-16-11-24-21(25-12-16)29-6-3-14(4-7-29)18-9-15(18)5-8-31-17-1-2-20(19(23)10-17)30-13-26-27-28-30/h1-2,10-15,18H,3-9H2. The molecule has 0 N–H and O–H groups in total. The van der Waals surface area contributed by atoms with Gasteiger partial charge in [0, 0.05) is 19.2 Å². The van der Waals surface area contributed by atoms with Crippen LogP contribution < -0.4 is 9.64 Å². The van der Waals surface area contributed by atoms with Crippen molar-refractivity contribution in [2.45, 2.75) is 25.7 Å². The van der Waals surface area contributed by atoms with Crippen LogP contribution in [0.25, 0.3) is 5.69 Å². The number of rotatable bonds is 7. The molecule has 0 bridgehead atoms. The Balaban J connectivity index is 1.05.